The second-order valence-electron chi connectivity index (χ2n) is 5.71. The molecule has 0 aromatic carbocycles. The van der Waals surface area contributed by atoms with Gasteiger partial charge >= 0.3 is 6.03 Å². The van der Waals surface area contributed by atoms with Crippen molar-refractivity contribution >= 4 is 29.6 Å². The van der Waals surface area contributed by atoms with Gasteiger partial charge in [-0.1, -0.05) is 11.8 Å². The maximum Gasteiger partial charge on any atom is 0.324 e. The normalized spacial score (nSPS) is 20.6. The zero-order valence-electron chi connectivity index (χ0n) is 13.5. The van der Waals surface area contributed by atoms with Crippen LogP contribution in [-0.4, -0.2) is 64.5 Å². The summed E-state index contributed by atoms with van der Waals surface area (Å²) in [4.78, 5) is 36.0. The molecule has 0 radical (unpaired) electrons. The molecule has 1 aromatic heterocycles. The fraction of sp³-hybridized carbons (Fsp3) is 0.643. The lowest BCUT2D eigenvalue weighted by atomic mass is 10.2. The molecular weight excluding hydrogens is 350 g/mol. The van der Waals surface area contributed by atoms with E-state index in [0.717, 1.165) is 31.2 Å². The fourth-order valence-electron chi connectivity index (χ4n) is 2.48. The molecule has 2 N–H and O–H groups in total. The van der Waals surface area contributed by atoms with Crippen LogP contribution in [0.2, 0.25) is 0 Å². The Morgan fingerprint density at radius 3 is 3.04 bits per heavy atom. The van der Waals surface area contributed by atoms with Gasteiger partial charge in [-0.05, 0) is 12.8 Å². The van der Waals surface area contributed by atoms with Gasteiger partial charge in [0.15, 0.2) is 0 Å². The van der Waals surface area contributed by atoms with Crippen molar-refractivity contribution in [2.24, 2.45) is 0 Å². The predicted molar refractivity (Wildman–Crippen MR) is 85.6 cm³/mol. The summed E-state index contributed by atoms with van der Waals surface area (Å²) < 4.78 is 10.9. The van der Waals surface area contributed by atoms with Crippen molar-refractivity contribution in [2.45, 2.75) is 37.1 Å². The van der Waals surface area contributed by atoms with Crippen LogP contribution in [0.15, 0.2) is 9.64 Å². The van der Waals surface area contributed by atoms with E-state index in [1.165, 1.54) is 4.90 Å². The van der Waals surface area contributed by atoms with Gasteiger partial charge in [-0.15, -0.1) is 10.2 Å². The van der Waals surface area contributed by atoms with Crippen LogP contribution in [0.4, 0.5) is 4.79 Å². The minimum Gasteiger partial charge on any atom is -0.414 e. The van der Waals surface area contributed by atoms with Crippen LogP contribution in [-0.2, 0) is 20.9 Å². The standard InChI is InChI=1S/C14H19N5O5S/c20-10-3-4-19(13(22)16-10)7-12-17-18-14(24-12)25-8-11(21)15-6-9-2-1-5-23-9/h9H,1-8H2,(H,15,21)(H,16,20,22). The van der Waals surface area contributed by atoms with Gasteiger partial charge in [-0.25, -0.2) is 4.79 Å². The van der Waals surface area contributed by atoms with E-state index in [0.29, 0.717) is 13.1 Å². The van der Waals surface area contributed by atoms with Crippen LogP contribution in [0.5, 0.6) is 0 Å². The van der Waals surface area contributed by atoms with Gasteiger partial charge in [0.1, 0.15) is 6.54 Å². The Kier molecular flexibility index (Phi) is 5.87. The molecule has 10 nitrogen and oxygen atoms in total. The van der Waals surface area contributed by atoms with Crippen LogP contribution in [0.1, 0.15) is 25.2 Å². The third-order valence-corrected chi connectivity index (χ3v) is 4.61. The van der Waals surface area contributed by atoms with Crippen LogP contribution in [0, 0.1) is 0 Å². The summed E-state index contributed by atoms with van der Waals surface area (Å²) in [5, 5.41) is 13.0. The molecule has 2 fully saturated rings. The monoisotopic (exact) mass is 369 g/mol. The number of carbonyl (C=O) groups excluding carboxylic acids is 3. The van der Waals surface area contributed by atoms with Crippen LogP contribution in [0.3, 0.4) is 0 Å². The van der Waals surface area contributed by atoms with Crippen molar-refractivity contribution in [2.75, 3.05) is 25.4 Å². The highest BCUT2D eigenvalue weighted by molar-refractivity contribution is 7.99. The Hall–Kier alpha value is -2.14. The number of aromatic nitrogens is 2. The minimum absolute atomic E-state index is 0.103. The van der Waals surface area contributed by atoms with Gasteiger partial charge in [0.05, 0.1) is 11.9 Å². The third-order valence-electron chi connectivity index (χ3n) is 3.79. The van der Waals surface area contributed by atoms with Gasteiger partial charge in [0.25, 0.3) is 5.22 Å². The first-order chi connectivity index (χ1) is 12.1. The Morgan fingerprint density at radius 2 is 2.28 bits per heavy atom. The molecular formula is C14H19N5O5S. The number of imide groups is 1. The van der Waals surface area contributed by atoms with E-state index >= 15 is 0 Å². The molecule has 2 aliphatic heterocycles. The van der Waals surface area contributed by atoms with E-state index in [2.05, 4.69) is 20.8 Å². The second-order valence-corrected chi connectivity index (χ2v) is 6.64. The summed E-state index contributed by atoms with van der Waals surface area (Å²) in [5.41, 5.74) is 0. The van der Waals surface area contributed by atoms with Crippen molar-refractivity contribution < 1.29 is 23.5 Å². The Bertz CT molecular complexity index is 645. The Labute approximate surface area is 148 Å². The van der Waals surface area contributed by atoms with E-state index in [-0.39, 0.29) is 47.8 Å². The number of hydrogen-bond acceptors (Lipinski definition) is 8. The zero-order chi connectivity index (χ0) is 17.6. The fourth-order valence-corrected chi connectivity index (χ4v) is 3.10. The van der Waals surface area contributed by atoms with Crippen molar-refractivity contribution in [3.05, 3.63) is 5.89 Å². The Morgan fingerprint density at radius 1 is 1.40 bits per heavy atom. The molecule has 25 heavy (non-hydrogen) atoms. The molecule has 1 unspecified atom stereocenters. The van der Waals surface area contributed by atoms with Crippen molar-refractivity contribution in [1.29, 1.82) is 0 Å². The zero-order valence-corrected chi connectivity index (χ0v) is 14.3. The average molecular weight is 369 g/mol. The van der Waals surface area contributed by atoms with Gasteiger partial charge < -0.3 is 19.4 Å². The number of amides is 4. The molecule has 3 rings (SSSR count). The number of urea groups is 1. The molecule has 136 valence electrons. The van der Waals surface area contributed by atoms with Gasteiger partial charge in [0, 0.05) is 26.1 Å². The SMILES string of the molecule is O=C(CSc1nnc(CN2CCC(=O)NC2=O)o1)NCC1CCCO1. The highest BCUT2D eigenvalue weighted by atomic mass is 32.2. The lowest BCUT2D eigenvalue weighted by molar-refractivity contribution is -0.121. The molecule has 3 heterocycles. The van der Waals surface area contributed by atoms with E-state index in [1.807, 2.05) is 0 Å². The molecule has 2 aliphatic rings. The molecule has 0 aliphatic carbocycles. The van der Waals surface area contributed by atoms with Crippen molar-refractivity contribution in [1.82, 2.24) is 25.7 Å². The van der Waals surface area contributed by atoms with E-state index in [4.69, 9.17) is 9.15 Å². The maximum atomic E-state index is 11.8. The number of ether oxygens (including phenoxy) is 1. The summed E-state index contributed by atoms with van der Waals surface area (Å²) in [5.74, 6) is -0.00877. The number of nitrogens with zero attached hydrogens (tertiary/aromatic N) is 3. The number of carbonyl (C=O) groups is 3. The molecule has 0 saturated carbocycles. The highest BCUT2D eigenvalue weighted by Crippen LogP contribution is 2.17. The van der Waals surface area contributed by atoms with Crippen LogP contribution >= 0.6 is 11.8 Å². The molecule has 0 bridgehead atoms. The third kappa shape index (κ3) is 5.16. The lowest BCUT2D eigenvalue weighted by Crippen LogP contribution is -2.48. The first-order valence-electron chi connectivity index (χ1n) is 8.02. The molecule has 1 atom stereocenters. The van der Waals surface area contributed by atoms with E-state index in [1.54, 1.807) is 0 Å². The lowest BCUT2D eigenvalue weighted by Gasteiger charge is -2.24. The van der Waals surface area contributed by atoms with Gasteiger partial charge in [-0.3, -0.25) is 14.9 Å². The summed E-state index contributed by atoms with van der Waals surface area (Å²) in [7, 11) is 0. The summed E-state index contributed by atoms with van der Waals surface area (Å²) in [6, 6.07) is -0.475. The topological polar surface area (TPSA) is 127 Å². The van der Waals surface area contributed by atoms with E-state index in [9.17, 15) is 14.4 Å². The largest absolute Gasteiger partial charge is 0.414 e. The predicted octanol–water partition coefficient (Wildman–Crippen LogP) is -0.101. The quantitative estimate of drug-likeness (QED) is 0.638. The molecule has 2 saturated heterocycles. The smallest absolute Gasteiger partial charge is 0.324 e. The highest BCUT2D eigenvalue weighted by Gasteiger charge is 2.24. The average Bonchev–Trinajstić information content (AvgIpc) is 3.25. The first kappa shape index (κ1) is 17.7. The number of rotatable bonds is 7. The van der Waals surface area contributed by atoms with Crippen molar-refractivity contribution in [3.8, 4) is 0 Å². The molecule has 11 heteroatoms. The van der Waals surface area contributed by atoms with Crippen molar-refractivity contribution in [3.63, 3.8) is 0 Å². The number of thioether (sulfide) groups is 1. The summed E-state index contributed by atoms with van der Waals surface area (Å²) >= 11 is 1.13. The van der Waals surface area contributed by atoms with Crippen LogP contribution in [0.25, 0.3) is 0 Å². The van der Waals surface area contributed by atoms with Crippen LogP contribution < -0.4 is 10.6 Å². The first-order valence-corrected chi connectivity index (χ1v) is 9.01. The van der Waals surface area contributed by atoms with Gasteiger partial charge in [0.2, 0.25) is 17.7 Å². The number of nitrogens with one attached hydrogen (secondary N) is 2. The molecule has 1 aromatic rings. The number of hydrogen-bond donors (Lipinski definition) is 2. The molecule has 4 amide bonds. The van der Waals surface area contributed by atoms with E-state index < -0.39 is 6.03 Å². The van der Waals surface area contributed by atoms with Gasteiger partial charge in [-0.2, -0.15) is 0 Å². The Balaban J connectivity index is 1.40. The minimum atomic E-state index is -0.475. The maximum absolute atomic E-state index is 11.8. The summed E-state index contributed by atoms with van der Waals surface area (Å²) in [6.45, 7) is 1.69. The summed E-state index contributed by atoms with van der Waals surface area (Å²) in [6.07, 6.45) is 2.35. The second kappa shape index (κ2) is 8.30. The molecule has 0 spiro atoms.